The Hall–Kier alpha value is -1.35. The first-order valence-electron chi connectivity index (χ1n) is 6.34. The van der Waals surface area contributed by atoms with Crippen molar-refractivity contribution in [1.29, 1.82) is 0 Å². The summed E-state index contributed by atoms with van der Waals surface area (Å²) >= 11 is 0. The molecule has 3 heteroatoms. The number of benzene rings is 1. The molecule has 1 aromatic carbocycles. The van der Waals surface area contributed by atoms with E-state index >= 15 is 0 Å². The number of likely N-dealkylation sites (tertiary alicyclic amines) is 1. The van der Waals surface area contributed by atoms with Crippen LogP contribution in [0.5, 0.6) is 5.75 Å². The minimum atomic E-state index is -0.348. The molecule has 1 heterocycles. The average molecular weight is 247 g/mol. The Kier molecular flexibility index (Phi) is 3.44. The number of piperidine rings is 1. The van der Waals surface area contributed by atoms with E-state index in [1.54, 1.807) is 7.11 Å². The van der Waals surface area contributed by atoms with Gasteiger partial charge in [0.1, 0.15) is 11.5 Å². The number of carbonyl (C=O) groups is 1. The molecule has 1 aromatic rings. The number of rotatable bonds is 2. The fourth-order valence-corrected chi connectivity index (χ4v) is 2.92. The average Bonchev–Trinajstić information content (AvgIpc) is 2.34. The third-order valence-electron chi connectivity index (χ3n) is 3.94. The number of methoxy groups -OCH3 is 1. The van der Waals surface area contributed by atoms with Crippen LogP contribution in [0.4, 0.5) is 0 Å². The number of ether oxygens (including phenoxy) is 1. The maximum absolute atomic E-state index is 12.1. The van der Waals surface area contributed by atoms with Gasteiger partial charge in [-0.25, -0.2) is 0 Å². The van der Waals surface area contributed by atoms with Crippen molar-refractivity contribution in [2.45, 2.75) is 26.3 Å². The molecule has 0 N–H and O–H groups in total. The molecule has 0 amide bonds. The number of ketones is 1. The zero-order valence-corrected chi connectivity index (χ0v) is 11.6. The quantitative estimate of drug-likeness (QED) is 0.804. The Labute approximate surface area is 109 Å². The van der Waals surface area contributed by atoms with Gasteiger partial charge in [0.2, 0.25) is 0 Å². The van der Waals surface area contributed by atoms with Crippen molar-refractivity contribution in [2.75, 3.05) is 20.7 Å². The minimum absolute atomic E-state index is 0.119. The van der Waals surface area contributed by atoms with Gasteiger partial charge in [0.05, 0.1) is 7.11 Å². The first-order valence-corrected chi connectivity index (χ1v) is 6.34. The molecule has 0 aliphatic carbocycles. The summed E-state index contributed by atoms with van der Waals surface area (Å²) in [6.45, 7) is 4.90. The summed E-state index contributed by atoms with van der Waals surface area (Å²) in [5.74, 6) is 1.18. The van der Waals surface area contributed by atoms with E-state index in [1.807, 2.05) is 32.0 Å². The van der Waals surface area contributed by atoms with Gasteiger partial charge in [-0.05, 0) is 24.7 Å². The van der Waals surface area contributed by atoms with Crippen LogP contribution in [0.25, 0.3) is 0 Å². The number of hydrogen-bond donors (Lipinski definition) is 0. The standard InChI is InChI=1S/C15H21NO2/c1-15(2)13(17)8-9-16(3)14(15)11-6-5-7-12(10-11)18-4/h5-7,10,14H,8-9H2,1-4H3. The molecule has 0 saturated carbocycles. The first kappa shape index (κ1) is 13.1. The van der Waals surface area contributed by atoms with Gasteiger partial charge in [0.15, 0.2) is 0 Å². The molecule has 1 fully saturated rings. The van der Waals surface area contributed by atoms with Crippen LogP contribution in [0.15, 0.2) is 24.3 Å². The fraction of sp³-hybridized carbons (Fsp3) is 0.533. The van der Waals surface area contributed by atoms with E-state index < -0.39 is 0 Å². The molecule has 0 spiro atoms. The molecule has 98 valence electrons. The minimum Gasteiger partial charge on any atom is -0.497 e. The summed E-state index contributed by atoms with van der Waals surface area (Å²) in [5, 5.41) is 0. The molecule has 1 aliphatic rings. The van der Waals surface area contributed by atoms with Gasteiger partial charge >= 0.3 is 0 Å². The summed E-state index contributed by atoms with van der Waals surface area (Å²) in [6.07, 6.45) is 0.643. The van der Waals surface area contributed by atoms with Crippen LogP contribution < -0.4 is 4.74 Å². The Bertz CT molecular complexity index is 454. The smallest absolute Gasteiger partial charge is 0.141 e. The Balaban J connectivity index is 2.42. The zero-order chi connectivity index (χ0) is 13.3. The Morgan fingerprint density at radius 3 is 2.78 bits per heavy atom. The van der Waals surface area contributed by atoms with Gasteiger partial charge < -0.3 is 4.74 Å². The van der Waals surface area contributed by atoms with Crippen molar-refractivity contribution in [1.82, 2.24) is 4.90 Å². The van der Waals surface area contributed by atoms with Crippen molar-refractivity contribution in [3.05, 3.63) is 29.8 Å². The lowest BCUT2D eigenvalue weighted by Crippen LogP contribution is -2.47. The topological polar surface area (TPSA) is 29.5 Å². The molecule has 1 atom stereocenters. The van der Waals surface area contributed by atoms with E-state index in [4.69, 9.17) is 4.74 Å². The van der Waals surface area contributed by atoms with Gasteiger partial charge in [-0.15, -0.1) is 0 Å². The van der Waals surface area contributed by atoms with Crippen LogP contribution in [-0.2, 0) is 4.79 Å². The predicted molar refractivity (Wildman–Crippen MR) is 71.8 cm³/mol. The van der Waals surface area contributed by atoms with Gasteiger partial charge in [0, 0.05) is 24.4 Å². The highest BCUT2D eigenvalue weighted by atomic mass is 16.5. The second-order valence-corrected chi connectivity index (χ2v) is 5.55. The van der Waals surface area contributed by atoms with Crippen molar-refractivity contribution >= 4 is 5.78 Å². The summed E-state index contributed by atoms with van der Waals surface area (Å²) in [6, 6.07) is 8.14. The number of hydrogen-bond acceptors (Lipinski definition) is 3. The van der Waals surface area contributed by atoms with E-state index in [-0.39, 0.29) is 11.5 Å². The van der Waals surface area contributed by atoms with Gasteiger partial charge in [-0.2, -0.15) is 0 Å². The van der Waals surface area contributed by atoms with E-state index in [0.717, 1.165) is 17.9 Å². The van der Waals surface area contributed by atoms with Crippen molar-refractivity contribution in [3.8, 4) is 5.75 Å². The van der Waals surface area contributed by atoms with Crippen LogP contribution in [0.2, 0.25) is 0 Å². The third-order valence-corrected chi connectivity index (χ3v) is 3.94. The second-order valence-electron chi connectivity index (χ2n) is 5.55. The lowest BCUT2D eigenvalue weighted by atomic mass is 9.72. The number of Topliss-reactive ketones (excluding diaryl/α,β-unsaturated/α-hetero) is 1. The largest absolute Gasteiger partial charge is 0.497 e. The van der Waals surface area contributed by atoms with Crippen LogP contribution >= 0.6 is 0 Å². The lowest BCUT2D eigenvalue weighted by Gasteiger charge is -2.44. The van der Waals surface area contributed by atoms with Gasteiger partial charge in [-0.1, -0.05) is 26.0 Å². The highest BCUT2D eigenvalue weighted by Gasteiger charge is 2.43. The van der Waals surface area contributed by atoms with Crippen LogP contribution in [-0.4, -0.2) is 31.4 Å². The molecule has 0 aromatic heterocycles. The summed E-state index contributed by atoms with van der Waals surface area (Å²) in [7, 11) is 3.75. The molecular weight excluding hydrogens is 226 g/mol. The maximum atomic E-state index is 12.1. The number of nitrogens with zero attached hydrogens (tertiary/aromatic N) is 1. The molecule has 0 radical (unpaired) electrons. The molecule has 3 nitrogen and oxygen atoms in total. The Morgan fingerprint density at radius 2 is 2.11 bits per heavy atom. The molecule has 1 unspecified atom stereocenters. The molecule has 1 aliphatic heterocycles. The summed E-state index contributed by atoms with van der Waals surface area (Å²) < 4.78 is 5.27. The van der Waals surface area contributed by atoms with Crippen LogP contribution in [0.3, 0.4) is 0 Å². The van der Waals surface area contributed by atoms with Gasteiger partial charge in [0.25, 0.3) is 0 Å². The molecule has 0 bridgehead atoms. The lowest BCUT2D eigenvalue weighted by molar-refractivity contribution is -0.135. The van der Waals surface area contributed by atoms with Crippen molar-refractivity contribution in [2.24, 2.45) is 5.41 Å². The molecule has 18 heavy (non-hydrogen) atoms. The molecule has 2 rings (SSSR count). The van der Waals surface area contributed by atoms with Crippen LogP contribution in [0, 0.1) is 5.41 Å². The molecular formula is C15H21NO2. The monoisotopic (exact) mass is 247 g/mol. The summed E-state index contributed by atoms with van der Waals surface area (Å²) in [4.78, 5) is 14.4. The van der Waals surface area contributed by atoms with Crippen LogP contribution in [0.1, 0.15) is 31.9 Å². The second kappa shape index (κ2) is 4.73. The highest BCUT2D eigenvalue weighted by Crippen LogP contribution is 2.42. The summed E-state index contributed by atoms with van der Waals surface area (Å²) in [5.41, 5.74) is 0.800. The van der Waals surface area contributed by atoms with Crippen molar-refractivity contribution < 1.29 is 9.53 Å². The first-order chi connectivity index (χ1) is 8.46. The van der Waals surface area contributed by atoms with E-state index in [2.05, 4.69) is 18.0 Å². The Morgan fingerprint density at radius 1 is 1.39 bits per heavy atom. The zero-order valence-electron chi connectivity index (χ0n) is 11.6. The maximum Gasteiger partial charge on any atom is 0.141 e. The van der Waals surface area contributed by atoms with Crippen molar-refractivity contribution in [3.63, 3.8) is 0 Å². The van der Waals surface area contributed by atoms with E-state index in [1.165, 1.54) is 0 Å². The number of carbonyl (C=O) groups excluding carboxylic acids is 1. The van der Waals surface area contributed by atoms with E-state index in [0.29, 0.717) is 12.2 Å². The third kappa shape index (κ3) is 2.15. The predicted octanol–water partition coefficient (Wildman–Crippen LogP) is 2.67. The molecule has 1 saturated heterocycles. The normalized spacial score (nSPS) is 24.0. The van der Waals surface area contributed by atoms with E-state index in [9.17, 15) is 4.79 Å². The SMILES string of the molecule is COc1cccc(C2N(C)CCC(=O)C2(C)C)c1. The fourth-order valence-electron chi connectivity index (χ4n) is 2.92. The van der Waals surface area contributed by atoms with Gasteiger partial charge in [-0.3, -0.25) is 9.69 Å². The highest BCUT2D eigenvalue weighted by molar-refractivity contribution is 5.86.